The van der Waals surface area contributed by atoms with Gasteiger partial charge in [0.25, 0.3) is 0 Å². The molecule has 0 aromatic heterocycles. The quantitative estimate of drug-likeness (QED) is 0.723. The second kappa shape index (κ2) is 6.99. The van der Waals surface area contributed by atoms with Crippen LogP contribution in [0.4, 0.5) is 0 Å². The monoisotopic (exact) mass is 264 g/mol. The molecule has 0 aliphatic carbocycles. The molecule has 2 N–H and O–H groups in total. The van der Waals surface area contributed by atoms with E-state index in [9.17, 15) is 4.79 Å². The molecule has 1 aliphatic heterocycles. The molecule has 104 valence electrons. The summed E-state index contributed by atoms with van der Waals surface area (Å²) in [5.74, 6) is 1.69. The van der Waals surface area contributed by atoms with Gasteiger partial charge >= 0.3 is 0 Å². The van der Waals surface area contributed by atoms with Gasteiger partial charge in [-0.25, -0.2) is 0 Å². The van der Waals surface area contributed by atoms with Gasteiger partial charge < -0.3 is 20.1 Å². The van der Waals surface area contributed by atoms with Crippen LogP contribution < -0.4 is 20.1 Å². The number of carbonyl (C=O) groups is 1. The van der Waals surface area contributed by atoms with E-state index in [1.807, 2.05) is 25.2 Å². The van der Waals surface area contributed by atoms with Crippen LogP contribution in [0.15, 0.2) is 18.2 Å². The van der Waals surface area contributed by atoms with Crippen LogP contribution in [0.3, 0.4) is 0 Å². The van der Waals surface area contributed by atoms with Crippen molar-refractivity contribution in [2.45, 2.75) is 19.3 Å². The topological polar surface area (TPSA) is 59.6 Å². The van der Waals surface area contributed by atoms with Gasteiger partial charge in [-0.3, -0.25) is 4.79 Å². The van der Waals surface area contributed by atoms with Crippen molar-refractivity contribution in [2.75, 3.05) is 26.9 Å². The van der Waals surface area contributed by atoms with Gasteiger partial charge in [-0.1, -0.05) is 6.07 Å². The molecule has 0 fully saturated rings. The van der Waals surface area contributed by atoms with E-state index in [1.54, 1.807) is 0 Å². The fourth-order valence-corrected chi connectivity index (χ4v) is 1.96. The number of fused-ring (bicyclic) bond motifs is 1. The Morgan fingerprint density at radius 3 is 2.95 bits per heavy atom. The van der Waals surface area contributed by atoms with Crippen molar-refractivity contribution in [3.05, 3.63) is 23.8 Å². The summed E-state index contributed by atoms with van der Waals surface area (Å²) in [6.07, 6.45) is 2.24. The number of carbonyl (C=O) groups excluding carboxylic acids is 1. The molecule has 0 atom stereocenters. The van der Waals surface area contributed by atoms with E-state index < -0.39 is 0 Å². The Kier molecular flexibility index (Phi) is 5.03. The third kappa shape index (κ3) is 4.13. The van der Waals surface area contributed by atoms with E-state index in [-0.39, 0.29) is 5.91 Å². The van der Waals surface area contributed by atoms with E-state index in [0.717, 1.165) is 36.4 Å². The lowest BCUT2D eigenvalue weighted by Crippen LogP contribution is -2.26. The smallest absolute Gasteiger partial charge is 0.231 e. The van der Waals surface area contributed by atoms with Crippen LogP contribution in [0.5, 0.6) is 11.5 Å². The molecular formula is C14H20N2O3. The highest BCUT2D eigenvalue weighted by atomic mass is 16.7. The zero-order chi connectivity index (χ0) is 13.5. The average molecular weight is 264 g/mol. The maximum atomic E-state index is 11.5. The molecule has 1 aromatic rings. The Hall–Kier alpha value is -1.75. The molecule has 0 saturated carbocycles. The Morgan fingerprint density at radius 1 is 1.26 bits per heavy atom. The molecule has 0 saturated heterocycles. The van der Waals surface area contributed by atoms with Crippen LogP contribution in [0, 0.1) is 0 Å². The van der Waals surface area contributed by atoms with Crippen LogP contribution in [0.25, 0.3) is 0 Å². The number of benzene rings is 1. The maximum Gasteiger partial charge on any atom is 0.231 e. The Balaban J connectivity index is 1.69. The molecule has 1 heterocycles. The third-order valence-corrected chi connectivity index (χ3v) is 3.00. The van der Waals surface area contributed by atoms with Crippen molar-refractivity contribution in [3.8, 4) is 11.5 Å². The van der Waals surface area contributed by atoms with Crippen molar-refractivity contribution in [1.82, 2.24) is 10.6 Å². The van der Waals surface area contributed by atoms with Crippen LogP contribution >= 0.6 is 0 Å². The molecule has 0 radical (unpaired) electrons. The zero-order valence-electron chi connectivity index (χ0n) is 11.2. The van der Waals surface area contributed by atoms with Gasteiger partial charge in [-0.15, -0.1) is 0 Å². The number of hydrogen-bond acceptors (Lipinski definition) is 4. The van der Waals surface area contributed by atoms with Crippen molar-refractivity contribution >= 4 is 5.91 Å². The third-order valence-electron chi connectivity index (χ3n) is 3.00. The highest BCUT2D eigenvalue weighted by molar-refractivity contribution is 5.75. The van der Waals surface area contributed by atoms with Gasteiger partial charge in [0.1, 0.15) is 0 Å². The molecule has 19 heavy (non-hydrogen) atoms. The average Bonchev–Trinajstić information content (AvgIpc) is 2.86. The van der Waals surface area contributed by atoms with Gasteiger partial charge in [0.05, 0.1) is 0 Å². The molecular weight excluding hydrogens is 244 g/mol. The standard InChI is InChI=1S/C14H20N2O3/c1-15-7-2-3-14(17)16-8-6-11-4-5-12-13(9-11)19-10-18-12/h4-5,9,15H,2-3,6-8,10H2,1H3,(H,16,17). The lowest BCUT2D eigenvalue weighted by molar-refractivity contribution is -0.121. The van der Waals surface area contributed by atoms with Crippen LogP contribution in [-0.2, 0) is 11.2 Å². The Bertz CT molecular complexity index is 435. The summed E-state index contributed by atoms with van der Waals surface area (Å²) in [5, 5.41) is 5.94. The maximum absolute atomic E-state index is 11.5. The first-order valence-electron chi connectivity index (χ1n) is 6.59. The summed E-state index contributed by atoms with van der Waals surface area (Å²) in [7, 11) is 1.89. The summed E-state index contributed by atoms with van der Waals surface area (Å²) in [6, 6.07) is 5.88. The number of amides is 1. The number of nitrogens with one attached hydrogen (secondary N) is 2. The van der Waals surface area contributed by atoms with Gasteiger partial charge in [0, 0.05) is 13.0 Å². The summed E-state index contributed by atoms with van der Waals surface area (Å²) < 4.78 is 10.6. The number of rotatable bonds is 7. The van der Waals surface area contributed by atoms with Crippen LogP contribution in [0.1, 0.15) is 18.4 Å². The van der Waals surface area contributed by atoms with Gasteiger partial charge in [-0.2, -0.15) is 0 Å². The minimum absolute atomic E-state index is 0.107. The molecule has 5 nitrogen and oxygen atoms in total. The summed E-state index contributed by atoms with van der Waals surface area (Å²) in [4.78, 5) is 11.5. The molecule has 1 aromatic carbocycles. The first-order chi connectivity index (χ1) is 9.29. The van der Waals surface area contributed by atoms with Gasteiger partial charge in [0.15, 0.2) is 11.5 Å². The highest BCUT2D eigenvalue weighted by Crippen LogP contribution is 2.32. The summed E-state index contributed by atoms with van der Waals surface area (Å²) >= 11 is 0. The predicted octanol–water partition coefficient (Wildman–Crippen LogP) is 1.07. The minimum atomic E-state index is 0.107. The van der Waals surface area contributed by atoms with E-state index >= 15 is 0 Å². The first kappa shape index (κ1) is 13.7. The fraction of sp³-hybridized carbons (Fsp3) is 0.500. The zero-order valence-corrected chi connectivity index (χ0v) is 11.2. The lowest BCUT2D eigenvalue weighted by Gasteiger charge is -2.06. The Morgan fingerprint density at radius 2 is 2.11 bits per heavy atom. The second-order valence-electron chi connectivity index (χ2n) is 4.49. The number of ether oxygens (including phenoxy) is 2. The minimum Gasteiger partial charge on any atom is -0.454 e. The van der Waals surface area contributed by atoms with Crippen molar-refractivity contribution < 1.29 is 14.3 Å². The van der Waals surface area contributed by atoms with E-state index in [2.05, 4.69) is 10.6 Å². The van der Waals surface area contributed by atoms with Crippen LogP contribution in [0.2, 0.25) is 0 Å². The second-order valence-corrected chi connectivity index (χ2v) is 4.49. The SMILES string of the molecule is CNCCCC(=O)NCCc1ccc2c(c1)OCO2. The molecule has 0 unspecified atom stereocenters. The van der Waals surface area contributed by atoms with Crippen molar-refractivity contribution in [3.63, 3.8) is 0 Å². The largest absolute Gasteiger partial charge is 0.454 e. The van der Waals surface area contributed by atoms with Gasteiger partial charge in [0.2, 0.25) is 12.7 Å². The van der Waals surface area contributed by atoms with Crippen molar-refractivity contribution in [1.29, 1.82) is 0 Å². The first-order valence-corrected chi connectivity index (χ1v) is 6.59. The van der Waals surface area contributed by atoms with E-state index in [1.165, 1.54) is 0 Å². The Labute approximate surface area is 113 Å². The summed E-state index contributed by atoms with van der Waals surface area (Å²) in [5.41, 5.74) is 1.14. The molecule has 1 amide bonds. The molecule has 0 spiro atoms. The fourth-order valence-electron chi connectivity index (χ4n) is 1.96. The predicted molar refractivity (Wildman–Crippen MR) is 72.4 cm³/mol. The molecule has 2 rings (SSSR count). The highest BCUT2D eigenvalue weighted by Gasteiger charge is 2.12. The molecule has 5 heteroatoms. The van der Waals surface area contributed by atoms with Crippen molar-refractivity contribution in [2.24, 2.45) is 0 Å². The van der Waals surface area contributed by atoms with Crippen LogP contribution in [-0.4, -0.2) is 32.8 Å². The lowest BCUT2D eigenvalue weighted by atomic mass is 10.1. The molecule has 0 bridgehead atoms. The summed E-state index contributed by atoms with van der Waals surface area (Å²) in [6.45, 7) is 1.81. The molecule has 1 aliphatic rings. The van der Waals surface area contributed by atoms with Gasteiger partial charge in [-0.05, 0) is 44.1 Å². The normalized spacial score (nSPS) is 12.5. The number of hydrogen-bond donors (Lipinski definition) is 2. The van der Waals surface area contributed by atoms with E-state index in [4.69, 9.17) is 9.47 Å². The van der Waals surface area contributed by atoms with E-state index in [0.29, 0.717) is 19.8 Å².